The van der Waals surface area contributed by atoms with Crippen molar-refractivity contribution in [3.63, 3.8) is 0 Å². The molecule has 1 saturated heterocycles. The smallest absolute Gasteiger partial charge is 0.158 e. The van der Waals surface area contributed by atoms with E-state index in [0.717, 1.165) is 25.4 Å². The lowest BCUT2D eigenvalue weighted by molar-refractivity contribution is -0.249. The van der Waals surface area contributed by atoms with Gasteiger partial charge in [-0.15, -0.1) is 0 Å². The third-order valence-electron chi connectivity index (χ3n) is 5.13. The number of hydrogen-bond acceptors (Lipinski definition) is 3. The maximum Gasteiger partial charge on any atom is 0.158 e. The zero-order valence-corrected chi connectivity index (χ0v) is 11.8. The van der Waals surface area contributed by atoms with Crippen LogP contribution in [-0.2, 0) is 9.47 Å². The highest BCUT2D eigenvalue weighted by Crippen LogP contribution is 2.49. The Hall–Kier alpha value is -0.590. The molecular formula is C16H25NO2. The van der Waals surface area contributed by atoms with Gasteiger partial charge in [-0.1, -0.05) is 12.8 Å². The summed E-state index contributed by atoms with van der Waals surface area (Å²) < 4.78 is 12.2. The molecule has 3 rings (SSSR count). The SMILES string of the molecule is N#CCC1CC2CCCC(OC3CCCCO3)(C1)C2. The van der Waals surface area contributed by atoms with Gasteiger partial charge in [0.1, 0.15) is 0 Å². The van der Waals surface area contributed by atoms with Crippen molar-refractivity contribution in [1.82, 2.24) is 0 Å². The van der Waals surface area contributed by atoms with Crippen molar-refractivity contribution in [2.24, 2.45) is 11.8 Å². The Morgan fingerprint density at radius 1 is 1.21 bits per heavy atom. The number of hydrogen-bond donors (Lipinski definition) is 0. The average molecular weight is 263 g/mol. The summed E-state index contributed by atoms with van der Waals surface area (Å²) in [6, 6.07) is 2.36. The Morgan fingerprint density at radius 2 is 2.16 bits per heavy atom. The van der Waals surface area contributed by atoms with Crippen LogP contribution in [0.25, 0.3) is 0 Å². The van der Waals surface area contributed by atoms with Crippen molar-refractivity contribution in [1.29, 1.82) is 5.26 Å². The predicted molar refractivity (Wildman–Crippen MR) is 72.3 cm³/mol. The minimum Gasteiger partial charge on any atom is -0.353 e. The van der Waals surface area contributed by atoms with Crippen LogP contribution in [-0.4, -0.2) is 18.5 Å². The van der Waals surface area contributed by atoms with Crippen LogP contribution in [0.15, 0.2) is 0 Å². The van der Waals surface area contributed by atoms with Gasteiger partial charge >= 0.3 is 0 Å². The first-order chi connectivity index (χ1) is 9.30. The highest BCUT2D eigenvalue weighted by molar-refractivity contribution is 4.97. The fourth-order valence-electron chi connectivity index (χ4n) is 4.43. The summed E-state index contributed by atoms with van der Waals surface area (Å²) in [7, 11) is 0. The van der Waals surface area contributed by atoms with Gasteiger partial charge in [0, 0.05) is 13.0 Å². The monoisotopic (exact) mass is 263 g/mol. The molecule has 3 heteroatoms. The minimum absolute atomic E-state index is 0.0216. The molecule has 3 nitrogen and oxygen atoms in total. The molecule has 1 aliphatic heterocycles. The number of nitrogens with zero attached hydrogens (tertiary/aromatic N) is 1. The van der Waals surface area contributed by atoms with E-state index in [1.807, 2.05) is 0 Å². The summed E-state index contributed by atoms with van der Waals surface area (Å²) in [5.41, 5.74) is 0.0324. The van der Waals surface area contributed by atoms with Crippen LogP contribution >= 0.6 is 0 Å². The van der Waals surface area contributed by atoms with Gasteiger partial charge in [0.05, 0.1) is 11.7 Å². The molecule has 0 N–H and O–H groups in total. The lowest BCUT2D eigenvalue weighted by Crippen LogP contribution is -2.47. The van der Waals surface area contributed by atoms with E-state index >= 15 is 0 Å². The summed E-state index contributed by atoms with van der Waals surface area (Å²) in [6.45, 7) is 0.853. The zero-order chi connectivity index (χ0) is 13.1. The van der Waals surface area contributed by atoms with E-state index in [4.69, 9.17) is 14.7 Å². The second kappa shape index (κ2) is 5.81. The standard InChI is InChI=1S/C16H25NO2/c17-8-6-14-10-13-4-3-7-16(11-13,12-14)19-15-5-1-2-9-18-15/h13-15H,1-7,9-12H2. The van der Waals surface area contributed by atoms with Gasteiger partial charge in [0.2, 0.25) is 0 Å². The first-order valence-corrected chi connectivity index (χ1v) is 7.96. The van der Waals surface area contributed by atoms with Gasteiger partial charge in [0.15, 0.2) is 6.29 Å². The highest BCUT2D eigenvalue weighted by atomic mass is 16.7. The van der Waals surface area contributed by atoms with E-state index in [2.05, 4.69) is 6.07 Å². The summed E-state index contributed by atoms with van der Waals surface area (Å²) in [5.74, 6) is 1.33. The van der Waals surface area contributed by atoms with Crippen LogP contribution in [0.2, 0.25) is 0 Å². The predicted octanol–water partition coefficient (Wildman–Crippen LogP) is 3.78. The Morgan fingerprint density at radius 3 is 2.95 bits per heavy atom. The Balaban J connectivity index is 1.66. The summed E-state index contributed by atoms with van der Waals surface area (Å²) in [6.07, 6.45) is 11.5. The largest absolute Gasteiger partial charge is 0.353 e. The topological polar surface area (TPSA) is 42.2 Å². The molecule has 2 bridgehead atoms. The van der Waals surface area contributed by atoms with Crippen molar-refractivity contribution < 1.29 is 9.47 Å². The van der Waals surface area contributed by atoms with Crippen LogP contribution in [0, 0.1) is 23.2 Å². The van der Waals surface area contributed by atoms with Crippen LogP contribution in [0.3, 0.4) is 0 Å². The molecule has 3 fully saturated rings. The molecule has 106 valence electrons. The molecule has 19 heavy (non-hydrogen) atoms. The summed E-state index contributed by atoms with van der Waals surface area (Å²) in [5, 5.41) is 8.97. The van der Waals surface area contributed by atoms with E-state index in [1.165, 1.54) is 44.9 Å². The Bertz CT molecular complexity index is 345. The van der Waals surface area contributed by atoms with Crippen molar-refractivity contribution in [3.05, 3.63) is 0 Å². The van der Waals surface area contributed by atoms with E-state index in [0.29, 0.717) is 12.3 Å². The fourth-order valence-corrected chi connectivity index (χ4v) is 4.43. The van der Waals surface area contributed by atoms with Gasteiger partial charge < -0.3 is 9.47 Å². The molecular weight excluding hydrogens is 238 g/mol. The quantitative estimate of drug-likeness (QED) is 0.778. The third kappa shape index (κ3) is 3.12. The van der Waals surface area contributed by atoms with Crippen molar-refractivity contribution in [3.8, 4) is 6.07 Å². The Labute approximate surface area is 116 Å². The number of ether oxygens (including phenoxy) is 2. The van der Waals surface area contributed by atoms with Crippen LogP contribution in [0.1, 0.15) is 64.2 Å². The number of rotatable bonds is 3. The Kier molecular flexibility index (Phi) is 4.10. The normalized spacial score (nSPS) is 42.6. The zero-order valence-electron chi connectivity index (χ0n) is 11.8. The average Bonchev–Trinajstić information content (AvgIpc) is 2.39. The molecule has 2 saturated carbocycles. The molecule has 0 spiro atoms. The first-order valence-electron chi connectivity index (χ1n) is 7.96. The van der Waals surface area contributed by atoms with Gasteiger partial charge in [0.25, 0.3) is 0 Å². The van der Waals surface area contributed by atoms with Crippen molar-refractivity contribution in [2.75, 3.05) is 6.61 Å². The molecule has 4 unspecified atom stereocenters. The van der Waals surface area contributed by atoms with E-state index < -0.39 is 0 Å². The van der Waals surface area contributed by atoms with Crippen molar-refractivity contribution >= 4 is 0 Å². The van der Waals surface area contributed by atoms with Gasteiger partial charge in [-0.2, -0.15) is 5.26 Å². The fraction of sp³-hybridized carbons (Fsp3) is 0.938. The molecule has 0 amide bonds. The molecule has 0 aromatic heterocycles. The lowest BCUT2D eigenvalue weighted by atomic mass is 9.64. The lowest BCUT2D eigenvalue weighted by Gasteiger charge is -2.49. The second-order valence-corrected chi connectivity index (χ2v) is 6.73. The molecule has 0 aromatic carbocycles. The van der Waals surface area contributed by atoms with E-state index in [1.54, 1.807) is 0 Å². The number of fused-ring (bicyclic) bond motifs is 2. The maximum atomic E-state index is 8.97. The second-order valence-electron chi connectivity index (χ2n) is 6.73. The third-order valence-corrected chi connectivity index (χ3v) is 5.13. The van der Waals surface area contributed by atoms with Crippen molar-refractivity contribution in [2.45, 2.75) is 76.1 Å². The van der Waals surface area contributed by atoms with Gasteiger partial charge in [-0.3, -0.25) is 0 Å². The molecule has 2 aliphatic carbocycles. The minimum atomic E-state index is 0.0216. The van der Waals surface area contributed by atoms with E-state index in [9.17, 15) is 0 Å². The first kappa shape index (κ1) is 13.4. The molecule has 0 aromatic rings. The van der Waals surface area contributed by atoms with Crippen LogP contribution in [0.4, 0.5) is 0 Å². The van der Waals surface area contributed by atoms with Gasteiger partial charge in [-0.05, 0) is 56.8 Å². The van der Waals surface area contributed by atoms with Gasteiger partial charge in [-0.25, -0.2) is 0 Å². The van der Waals surface area contributed by atoms with Crippen LogP contribution in [0.5, 0.6) is 0 Å². The molecule has 4 atom stereocenters. The molecule has 1 heterocycles. The number of nitriles is 1. The molecule has 0 radical (unpaired) electrons. The highest BCUT2D eigenvalue weighted by Gasteiger charge is 2.45. The molecule has 3 aliphatic rings. The summed E-state index contributed by atoms with van der Waals surface area (Å²) >= 11 is 0. The van der Waals surface area contributed by atoms with E-state index in [-0.39, 0.29) is 11.9 Å². The van der Waals surface area contributed by atoms with Crippen LogP contribution < -0.4 is 0 Å². The summed E-state index contributed by atoms with van der Waals surface area (Å²) in [4.78, 5) is 0. The maximum absolute atomic E-state index is 8.97.